The number of rotatable bonds is 2. The third-order valence-corrected chi connectivity index (χ3v) is 4.94. The molecule has 3 heteroatoms. The van der Waals surface area contributed by atoms with Crippen molar-refractivity contribution in [2.24, 2.45) is 16.7 Å². The molecular formula is C12H18O3. The van der Waals surface area contributed by atoms with Gasteiger partial charge in [0.25, 0.3) is 0 Å². The summed E-state index contributed by atoms with van der Waals surface area (Å²) in [5, 5.41) is 0. The molecule has 0 aromatic carbocycles. The van der Waals surface area contributed by atoms with E-state index in [0.717, 1.165) is 12.8 Å². The highest BCUT2D eigenvalue weighted by Gasteiger charge is 2.64. The summed E-state index contributed by atoms with van der Waals surface area (Å²) in [6.45, 7) is 4.10. The molecule has 2 aliphatic carbocycles. The van der Waals surface area contributed by atoms with Crippen molar-refractivity contribution in [3.05, 3.63) is 0 Å². The summed E-state index contributed by atoms with van der Waals surface area (Å²) in [6.07, 6.45) is 3.06. The third-order valence-electron chi connectivity index (χ3n) is 4.94. The van der Waals surface area contributed by atoms with Crippen LogP contribution in [0.4, 0.5) is 0 Å². The van der Waals surface area contributed by atoms with Gasteiger partial charge in [-0.1, -0.05) is 13.8 Å². The fraction of sp³-hybridized carbons (Fsp3) is 0.833. The molecule has 0 aromatic heterocycles. The Morgan fingerprint density at radius 3 is 2.60 bits per heavy atom. The zero-order valence-corrected chi connectivity index (χ0v) is 9.63. The highest BCUT2D eigenvalue weighted by Crippen LogP contribution is 2.65. The van der Waals surface area contributed by atoms with Gasteiger partial charge in [-0.3, -0.25) is 9.59 Å². The molecule has 2 saturated carbocycles. The molecule has 0 heterocycles. The average molecular weight is 210 g/mol. The van der Waals surface area contributed by atoms with Crippen molar-refractivity contribution in [3.8, 4) is 0 Å². The number of esters is 1. The summed E-state index contributed by atoms with van der Waals surface area (Å²) >= 11 is 0. The maximum Gasteiger partial charge on any atom is 0.306 e. The summed E-state index contributed by atoms with van der Waals surface area (Å²) in [5.41, 5.74) is -0.455. The Labute approximate surface area is 90.2 Å². The minimum atomic E-state index is -0.286. The van der Waals surface area contributed by atoms with Gasteiger partial charge in [0, 0.05) is 11.8 Å². The number of hydrogen-bond donors (Lipinski definition) is 0. The predicted octanol–water partition coefficient (Wildman–Crippen LogP) is 1.94. The first-order valence-corrected chi connectivity index (χ1v) is 5.54. The van der Waals surface area contributed by atoms with Crippen molar-refractivity contribution < 1.29 is 14.3 Å². The first-order chi connectivity index (χ1) is 6.94. The Kier molecular flexibility index (Phi) is 2.18. The van der Waals surface area contributed by atoms with Gasteiger partial charge in [0.2, 0.25) is 0 Å². The topological polar surface area (TPSA) is 43.4 Å². The molecule has 2 fully saturated rings. The van der Waals surface area contributed by atoms with Crippen LogP contribution in [0.5, 0.6) is 0 Å². The Morgan fingerprint density at radius 2 is 2.20 bits per heavy atom. The summed E-state index contributed by atoms with van der Waals surface area (Å²) < 4.78 is 4.73. The molecule has 2 bridgehead atoms. The quantitative estimate of drug-likeness (QED) is 0.654. The van der Waals surface area contributed by atoms with E-state index in [1.807, 2.05) is 6.92 Å². The highest BCUT2D eigenvalue weighted by molar-refractivity contribution is 5.90. The number of carbonyl (C=O) groups excluding carboxylic acids is 2. The van der Waals surface area contributed by atoms with Crippen LogP contribution in [-0.4, -0.2) is 18.9 Å². The van der Waals surface area contributed by atoms with Crippen LogP contribution in [0.25, 0.3) is 0 Å². The normalized spacial score (nSPS) is 43.4. The lowest BCUT2D eigenvalue weighted by atomic mass is 9.67. The number of carbonyl (C=O) groups is 2. The van der Waals surface area contributed by atoms with Crippen molar-refractivity contribution in [3.63, 3.8) is 0 Å². The van der Waals surface area contributed by atoms with Crippen LogP contribution in [-0.2, 0) is 14.3 Å². The van der Waals surface area contributed by atoms with Gasteiger partial charge in [-0.05, 0) is 24.2 Å². The number of ether oxygens (including phenoxy) is 1. The molecule has 0 N–H and O–H groups in total. The minimum absolute atomic E-state index is 0.169. The Hall–Kier alpha value is -0.860. The molecule has 84 valence electrons. The fourth-order valence-electron chi connectivity index (χ4n) is 3.46. The monoisotopic (exact) mass is 210 g/mol. The van der Waals surface area contributed by atoms with E-state index in [1.54, 1.807) is 0 Å². The molecule has 15 heavy (non-hydrogen) atoms. The van der Waals surface area contributed by atoms with Crippen LogP contribution in [0.1, 0.15) is 39.5 Å². The van der Waals surface area contributed by atoms with E-state index in [4.69, 9.17) is 4.74 Å². The van der Waals surface area contributed by atoms with Gasteiger partial charge in [-0.15, -0.1) is 0 Å². The van der Waals surface area contributed by atoms with Gasteiger partial charge >= 0.3 is 5.97 Å². The Balaban J connectivity index is 2.29. The van der Waals surface area contributed by atoms with Gasteiger partial charge < -0.3 is 4.74 Å². The molecule has 0 amide bonds. The van der Waals surface area contributed by atoms with E-state index in [-0.39, 0.29) is 16.8 Å². The van der Waals surface area contributed by atoms with Crippen molar-refractivity contribution in [2.45, 2.75) is 39.5 Å². The lowest BCUT2D eigenvalue weighted by Crippen LogP contribution is -2.37. The molecular weight excluding hydrogens is 192 g/mol. The number of fused-ring (bicyclic) bond motifs is 2. The third kappa shape index (κ3) is 1.18. The molecule has 0 aliphatic heterocycles. The number of methoxy groups -OCH3 is 1. The van der Waals surface area contributed by atoms with Gasteiger partial charge in [-0.2, -0.15) is 0 Å². The fourth-order valence-corrected chi connectivity index (χ4v) is 3.46. The summed E-state index contributed by atoms with van der Waals surface area (Å²) in [4.78, 5) is 23.3. The first-order valence-electron chi connectivity index (χ1n) is 5.54. The molecule has 0 unspecified atom stereocenters. The molecule has 0 spiro atoms. The molecule has 0 saturated heterocycles. The predicted molar refractivity (Wildman–Crippen MR) is 55.2 cm³/mol. The number of ketones is 1. The molecule has 2 aliphatic rings. The van der Waals surface area contributed by atoms with E-state index in [0.29, 0.717) is 24.5 Å². The number of Topliss-reactive ketones (excluding diaryl/α,β-unsaturated/α-hetero) is 1. The maximum absolute atomic E-state index is 11.9. The lowest BCUT2D eigenvalue weighted by Gasteiger charge is -2.35. The molecule has 3 atom stereocenters. The largest absolute Gasteiger partial charge is 0.469 e. The zero-order chi connectivity index (χ0) is 11.3. The Bertz CT molecular complexity index is 323. The van der Waals surface area contributed by atoms with Crippen LogP contribution in [0.3, 0.4) is 0 Å². The van der Waals surface area contributed by atoms with Gasteiger partial charge in [0.1, 0.15) is 5.78 Å². The zero-order valence-electron chi connectivity index (χ0n) is 9.63. The summed E-state index contributed by atoms with van der Waals surface area (Å²) in [7, 11) is 1.41. The van der Waals surface area contributed by atoms with E-state index in [9.17, 15) is 9.59 Å². The van der Waals surface area contributed by atoms with Crippen molar-refractivity contribution in [1.29, 1.82) is 0 Å². The van der Waals surface area contributed by atoms with E-state index < -0.39 is 0 Å². The van der Waals surface area contributed by atoms with Crippen molar-refractivity contribution in [1.82, 2.24) is 0 Å². The van der Waals surface area contributed by atoms with E-state index in [1.165, 1.54) is 7.11 Å². The second-order valence-electron chi connectivity index (χ2n) is 5.37. The van der Waals surface area contributed by atoms with E-state index in [2.05, 4.69) is 6.92 Å². The van der Waals surface area contributed by atoms with Crippen LogP contribution in [0.15, 0.2) is 0 Å². The number of hydrogen-bond acceptors (Lipinski definition) is 3. The second kappa shape index (κ2) is 3.06. The van der Waals surface area contributed by atoms with Crippen molar-refractivity contribution in [2.75, 3.05) is 7.11 Å². The smallest absolute Gasteiger partial charge is 0.306 e. The highest BCUT2D eigenvalue weighted by atomic mass is 16.5. The molecule has 3 nitrogen and oxygen atoms in total. The maximum atomic E-state index is 11.9. The van der Waals surface area contributed by atoms with Gasteiger partial charge in [-0.25, -0.2) is 0 Å². The molecule has 0 aromatic rings. The Morgan fingerprint density at radius 1 is 1.53 bits per heavy atom. The van der Waals surface area contributed by atoms with Gasteiger partial charge in [0.05, 0.1) is 13.5 Å². The molecule has 2 rings (SSSR count). The first kappa shape index (κ1) is 10.7. The van der Waals surface area contributed by atoms with Crippen molar-refractivity contribution >= 4 is 11.8 Å². The van der Waals surface area contributed by atoms with Crippen LogP contribution in [0.2, 0.25) is 0 Å². The standard InChI is InChI=1S/C12H18O3/c1-11-5-4-8(6-9(11)13)12(11,2)7-10(14)15-3/h8H,4-7H2,1-3H3/t8-,11+,12+/m1/s1. The lowest BCUT2D eigenvalue weighted by molar-refractivity contribution is -0.145. The second-order valence-corrected chi connectivity index (χ2v) is 5.37. The summed E-state index contributed by atoms with van der Waals surface area (Å²) in [5.74, 6) is 0.532. The van der Waals surface area contributed by atoms with E-state index >= 15 is 0 Å². The van der Waals surface area contributed by atoms with Crippen LogP contribution < -0.4 is 0 Å². The van der Waals surface area contributed by atoms with Crippen LogP contribution in [0, 0.1) is 16.7 Å². The minimum Gasteiger partial charge on any atom is -0.469 e. The average Bonchev–Trinajstić information content (AvgIpc) is 2.52. The SMILES string of the molecule is COC(=O)C[C@@]1(C)[C@@H]2CC[C@@]1(C)C(=O)C2. The van der Waals surface area contributed by atoms with Crippen LogP contribution >= 0.6 is 0 Å². The van der Waals surface area contributed by atoms with Gasteiger partial charge in [0.15, 0.2) is 0 Å². The molecule has 0 radical (unpaired) electrons. The summed E-state index contributed by atoms with van der Waals surface area (Å²) in [6, 6.07) is 0.